The molecule has 0 fully saturated rings. The zero-order valence-electron chi connectivity index (χ0n) is 16.5. The summed E-state index contributed by atoms with van der Waals surface area (Å²) in [5, 5.41) is 12.0. The van der Waals surface area contributed by atoms with Gasteiger partial charge in [-0.3, -0.25) is 20.1 Å². The number of nitrogens with one attached hydrogen (secondary N) is 1. The van der Waals surface area contributed by atoms with Gasteiger partial charge in [0.2, 0.25) is 5.13 Å². The quantitative estimate of drug-likeness (QED) is 0.499. The van der Waals surface area contributed by atoms with Crippen LogP contribution in [0, 0.1) is 13.8 Å². The number of hydrogen-bond acceptors (Lipinski definition) is 7. The second kappa shape index (κ2) is 8.79. The Bertz CT molecular complexity index is 1140. The lowest BCUT2D eigenvalue weighted by atomic mass is 10.1. The molecule has 0 aliphatic heterocycles. The number of aromatic nitrogens is 4. The first-order valence-electron chi connectivity index (χ1n) is 9.29. The van der Waals surface area contributed by atoms with Crippen molar-refractivity contribution >= 4 is 22.4 Å². The SMILES string of the molecule is Cc1cc(C(=O)Nc2nnc(-c3ccccn3)s2)cc(C)c1OCc1cccnc1. The molecule has 0 saturated carbocycles. The van der Waals surface area contributed by atoms with Crippen LogP contribution in [0.1, 0.15) is 27.0 Å². The highest BCUT2D eigenvalue weighted by Crippen LogP contribution is 2.28. The van der Waals surface area contributed by atoms with Gasteiger partial charge in [-0.1, -0.05) is 23.5 Å². The minimum Gasteiger partial charge on any atom is -0.488 e. The van der Waals surface area contributed by atoms with E-state index in [0.29, 0.717) is 22.3 Å². The number of pyridine rings is 2. The number of hydrogen-bond donors (Lipinski definition) is 1. The summed E-state index contributed by atoms with van der Waals surface area (Å²) < 4.78 is 5.96. The monoisotopic (exact) mass is 417 g/mol. The predicted molar refractivity (Wildman–Crippen MR) is 116 cm³/mol. The highest BCUT2D eigenvalue weighted by molar-refractivity contribution is 7.18. The zero-order chi connectivity index (χ0) is 20.9. The van der Waals surface area contributed by atoms with Crippen LogP contribution in [0.2, 0.25) is 0 Å². The average molecular weight is 417 g/mol. The molecule has 0 saturated heterocycles. The number of benzene rings is 1. The van der Waals surface area contributed by atoms with E-state index in [9.17, 15) is 4.79 Å². The minimum atomic E-state index is -0.247. The number of anilines is 1. The molecule has 1 amide bonds. The number of aryl methyl sites for hydroxylation is 2. The second-order valence-electron chi connectivity index (χ2n) is 6.67. The average Bonchev–Trinajstić information content (AvgIpc) is 3.23. The highest BCUT2D eigenvalue weighted by atomic mass is 32.1. The Labute approximate surface area is 177 Å². The van der Waals surface area contributed by atoms with Gasteiger partial charge in [0.15, 0.2) is 5.01 Å². The molecule has 3 aromatic heterocycles. The van der Waals surface area contributed by atoms with Crippen molar-refractivity contribution in [2.24, 2.45) is 0 Å². The van der Waals surface area contributed by atoms with Gasteiger partial charge in [-0.05, 0) is 55.3 Å². The van der Waals surface area contributed by atoms with E-state index >= 15 is 0 Å². The summed E-state index contributed by atoms with van der Waals surface area (Å²) in [6.45, 7) is 4.26. The maximum absolute atomic E-state index is 12.7. The summed E-state index contributed by atoms with van der Waals surface area (Å²) in [5.41, 5.74) is 4.01. The number of nitrogens with zero attached hydrogens (tertiary/aromatic N) is 4. The number of carbonyl (C=O) groups excluding carboxylic acids is 1. The summed E-state index contributed by atoms with van der Waals surface area (Å²) in [7, 11) is 0. The van der Waals surface area contributed by atoms with E-state index in [1.807, 2.05) is 56.3 Å². The molecule has 0 aliphatic rings. The molecule has 0 radical (unpaired) electrons. The van der Waals surface area contributed by atoms with E-state index in [1.54, 1.807) is 18.6 Å². The summed E-state index contributed by atoms with van der Waals surface area (Å²) in [6, 6.07) is 13.0. The highest BCUT2D eigenvalue weighted by Gasteiger charge is 2.15. The lowest BCUT2D eigenvalue weighted by molar-refractivity contribution is 0.102. The maximum Gasteiger partial charge on any atom is 0.257 e. The third-order valence-corrected chi connectivity index (χ3v) is 5.22. The summed E-state index contributed by atoms with van der Waals surface area (Å²) >= 11 is 1.28. The molecular weight excluding hydrogens is 398 g/mol. The van der Waals surface area contributed by atoms with Gasteiger partial charge >= 0.3 is 0 Å². The van der Waals surface area contributed by atoms with E-state index in [2.05, 4.69) is 25.5 Å². The number of ether oxygens (including phenoxy) is 1. The third kappa shape index (κ3) is 4.49. The van der Waals surface area contributed by atoms with Gasteiger partial charge in [-0.25, -0.2) is 0 Å². The van der Waals surface area contributed by atoms with Crippen LogP contribution in [0.5, 0.6) is 5.75 Å². The van der Waals surface area contributed by atoms with Crippen LogP contribution in [0.3, 0.4) is 0 Å². The molecule has 0 atom stereocenters. The molecule has 30 heavy (non-hydrogen) atoms. The Hall–Kier alpha value is -3.65. The van der Waals surface area contributed by atoms with Crippen LogP contribution >= 0.6 is 11.3 Å². The summed E-state index contributed by atoms with van der Waals surface area (Å²) in [5.74, 6) is 0.521. The van der Waals surface area contributed by atoms with Crippen molar-refractivity contribution < 1.29 is 9.53 Å². The van der Waals surface area contributed by atoms with Crippen LogP contribution in [0.15, 0.2) is 61.1 Å². The van der Waals surface area contributed by atoms with Gasteiger partial charge in [0.1, 0.15) is 18.1 Å². The molecule has 0 aliphatic carbocycles. The van der Waals surface area contributed by atoms with Crippen molar-refractivity contribution in [3.63, 3.8) is 0 Å². The molecule has 7 nitrogen and oxygen atoms in total. The standard InChI is InChI=1S/C22H19N5O2S/c1-14-10-17(11-15(2)19(14)29-13-16-6-5-8-23-12-16)20(28)25-22-27-26-21(30-22)18-7-3-4-9-24-18/h3-12H,13H2,1-2H3,(H,25,27,28). The fraction of sp³-hybridized carbons (Fsp3) is 0.136. The topological polar surface area (TPSA) is 89.9 Å². The van der Waals surface area contributed by atoms with Crippen molar-refractivity contribution in [2.75, 3.05) is 5.32 Å². The Balaban J connectivity index is 1.46. The molecule has 0 spiro atoms. The van der Waals surface area contributed by atoms with E-state index < -0.39 is 0 Å². The maximum atomic E-state index is 12.7. The predicted octanol–water partition coefficient (Wildman–Crippen LogP) is 4.44. The molecule has 1 aromatic carbocycles. The Morgan fingerprint density at radius 1 is 1.07 bits per heavy atom. The first-order valence-corrected chi connectivity index (χ1v) is 10.1. The van der Waals surface area contributed by atoms with Gasteiger partial charge in [-0.2, -0.15) is 0 Å². The van der Waals surface area contributed by atoms with Crippen molar-refractivity contribution in [3.8, 4) is 16.5 Å². The van der Waals surface area contributed by atoms with Crippen LogP contribution in [0.25, 0.3) is 10.7 Å². The Morgan fingerprint density at radius 3 is 2.60 bits per heavy atom. The van der Waals surface area contributed by atoms with Gasteiger partial charge in [-0.15, -0.1) is 10.2 Å². The van der Waals surface area contributed by atoms with E-state index in [4.69, 9.17) is 4.74 Å². The summed E-state index contributed by atoms with van der Waals surface area (Å²) in [4.78, 5) is 21.1. The normalized spacial score (nSPS) is 10.6. The molecule has 0 unspecified atom stereocenters. The zero-order valence-corrected chi connectivity index (χ0v) is 17.3. The largest absolute Gasteiger partial charge is 0.488 e. The van der Waals surface area contributed by atoms with Gasteiger partial charge < -0.3 is 4.74 Å². The minimum absolute atomic E-state index is 0.247. The van der Waals surface area contributed by atoms with Crippen molar-refractivity contribution in [1.29, 1.82) is 0 Å². The molecule has 3 heterocycles. The molecule has 150 valence electrons. The lowest BCUT2D eigenvalue weighted by Gasteiger charge is -2.14. The molecule has 8 heteroatoms. The van der Waals surface area contributed by atoms with E-state index in [-0.39, 0.29) is 5.91 Å². The Kier molecular flexibility index (Phi) is 5.76. The van der Waals surface area contributed by atoms with Gasteiger partial charge in [0, 0.05) is 29.7 Å². The molecule has 4 aromatic rings. The van der Waals surface area contributed by atoms with Crippen LogP contribution in [-0.2, 0) is 6.61 Å². The fourth-order valence-electron chi connectivity index (χ4n) is 2.98. The fourth-order valence-corrected chi connectivity index (χ4v) is 3.70. The lowest BCUT2D eigenvalue weighted by Crippen LogP contribution is -2.12. The first kappa shape index (κ1) is 19.7. The van der Waals surface area contributed by atoms with Crippen LogP contribution in [0.4, 0.5) is 5.13 Å². The van der Waals surface area contributed by atoms with Crippen molar-refractivity contribution in [2.45, 2.75) is 20.5 Å². The van der Waals surface area contributed by atoms with Gasteiger partial charge in [0.25, 0.3) is 5.91 Å². The van der Waals surface area contributed by atoms with E-state index in [0.717, 1.165) is 28.1 Å². The number of carbonyl (C=O) groups is 1. The molecule has 0 bridgehead atoms. The smallest absolute Gasteiger partial charge is 0.257 e. The second-order valence-corrected chi connectivity index (χ2v) is 7.65. The Morgan fingerprint density at radius 2 is 1.90 bits per heavy atom. The molecule has 4 rings (SSSR count). The van der Waals surface area contributed by atoms with E-state index in [1.165, 1.54) is 11.3 Å². The van der Waals surface area contributed by atoms with Crippen molar-refractivity contribution in [1.82, 2.24) is 20.2 Å². The number of amides is 1. The number of rotatable bonds is 6. The molecular formula is C22H19N5O2S. The van der Waals surface area contributed by atoms with Gasteiger partial charge in [0.05, 0.1) is 0 Å². The van der Waals surface area contributed by atoms with Crippen LogP contribution < -0.4 is 10.1 Å². The third-order valence-electron chi connectivity index (χ3n) is 4.36. The van der Waals surface area contributed by atoms with Crippen molar-refractivity contribution in [3.05, 3.63) is 83.3 Å². The first-order chi connectivity index (χ1) is 14.6. The summed E-state index contributed by atoms with van der Waals surface area (Å²) in [6.07, 6.45) is 5.19. The van der Waals surface area contributed by atoms with Crippen LogP contribution in [-0.4, -0.2) is 26.1 Å². The molecule has 1 N–H and O–H groups in total.